The number of nitrogens with zero attached hydrogens (tertiary/aromatic N) is 2. The molecule has 16 heavy (non-hydrogen) atoms. The van der Waals surface area contributed by atoms with Gasteiger partial charge in [0.15, 0.2) is 0 Å². The van der Waals surface area contributed by atoms with Crippen LogP contribution in [-0.2, 0) is 4.74 Å². The lowest BCUT2D eigenvalue weighted by Gasteiger charge is -2.17. The highest BCUT2D eigenvalue weighted by molar-refractivity contribution is 14.1. The number of halogens is 1. The fourth-order valence-corrected chi connectivity index (χ4v) is 3.44. The molecule has 1 saturated carbocycles. The van der Waals surface area contributed by atoms with Gasteiger partial charge < -0.3 is 4.74 Å². The van der Waals surface area contributed by atoms with Crippen LogP contribution in [0.25, 0.3) is 0 Å². The van der Waals surface area contributed by atoms with Crippen LogP contribution in [0.5, 0.6) is 0 Å². The summed E-state index contributed by atoms with van der Waals surface area (Å²) in [5.74, 6) is 0.580. The van der Waals surface area contributed by atoms with Crippen LogP contribution >= 0.6 is 22.6 Å². The number of hydrogen-bond donors (Lipinski definition) is 0. The smallest absolute Gasteiger partial charge is 0.123 e. The molecule has 3 nitrogen and oxygen atoms in total. The monoisotopic (exact) mass is 332 g/mol. The Kier molecular flexibility index (Phi) is 3.20. The normalized spacial score (nSPS) is 26.7. The Morgan fingerprint density at radius 2 is 2.12 bits per heavy atom. The first kappa shape index (κ1) is 11.0. The molecule has 1 atom stereocenters. The molecule has 1 aliphatic carbocycles. The average molecular weight is 332 g/mol. The maximum Gasteiger partial charge on any atom is 0.123 e. The van der Waals surface area contributed by atoms with Gasteiger partial charge in [-0.2, -0.15) is 5.10 Å². The molecule has 4 heteroatoms. The SMILES string of the molecule is Ic1cc(C2CCOC2)n(C2CCCC2)n1. The van der Waals surface area contributed by atoms with Gasteiger partial charge in [0.1, 0.15) is 3.70 Å². The van der Waals surface area contributed by atoms with Crippen LogP contribution in [0.15, 0.2) is 6.07 Å². The van der Waals surface area contributed by atoms with Gasteiger partial charge in [0.25, 0.3) is 0 Å². The van der Waals surface area contributed by atoms with Crippen molar-refractivity contribution in [3.05, 3.63) is 15.5 Å². The zero-order valence-corrected chi connectivity index (χ0v) is 11.5. The minimum atomic E-state index is 0.580. The molecule has 0 aromatic carbocycles. The van der Waals surface area contributed by atoms with E-state index < -0.39 is 0 Å². The molecule has 1 unspecified atom stereocenters. The molecule has 1 saturated heterocycles. The van der Waals surface area contributed by atoms with Gasteiger partial charge in [-0.1, -0.05) is 12.8 Å². The summed E-state index contributed by atoms with van der Waals surface area (Å²) >= 11 is 2.33. The van der Waals surface area contributed by atoms with E-state index in [2.05, 4.69) is 38.4 Å². The Morgan fingerprint density at radius 1 is 1.31 bits per heavy atom. The van der Waals surface area contributed by atoms with Gasteiger partial charge in [-0.05, 0) is 47.9 Å². The second-order valence-corrected chi connectivity index (χ2v) is 5.94. The molecule has 1 aromatic rings. The second kappa shape index (κ2) is 4.64. The molecule has 2 aliphatic rings. The minimum absolute atomic E-state index is 0.580. The highest BCUT2D eigenvalue weighted by atomic mass is 127. The summed E-state index contributed by atoms with van der Waals surface area (Å²) < 4.78 is 8.93. The van der Waals surface area contributed by atoms with E-state index in [-0.39, 0.29) is 0 Å². The van der Waals surface area contributed by atoms with Crippen LogP contribution in [0.4, 0.5) is 0 Å². The molecule has 1 aliphatic heterocycles. The van der Waals surface area contributed by atoms with Crippen molar-refractivity contribution in [2.45, 2.75) is 44.1 Å². The van der Waals surface area contributed by atoms with E-state index in [4.69, 9.17) is 4.74 Å². The van der Waals surface area contributed by atoms with Gasteiger partial charge in [-0.25, -0.2) is 0 Å². The van der Waals surface area contributed by atoms with Crippen LogP contribution < -0.4 is 0 Å². The topological polar surface area (TPSA) is 27.1 Å². The Bertz CT molecular complexity index is 332. The Balaban J connectivity index is 1.90. The van der Waals surface area contributed by atoms with Crippen LogP contribution in [0.2, 0.25) is 0 Å². The molecule has 88 valence electrons. The van der Waals surface area contributed by atoms with Gasteiger partial charge in [0, 0.05) is 18.2 Å². The standard InChI is InChI=1S/C12H17IN2O/c13-12-7-11(9-5-6-16-8-9)15(14-12)10-3-1-2-4-10/h7,9-10H,1-6,8H2. The third kappa shape index (κ3) is 2.01. The van der Waals surface area contributed by atoms with Crippen molar-refractivity contribution in [2.24, 2.45) is 0 Å². The summed E-state index contributed by atoms with van der Waals surface area (Å²) in [4.78, 5) is 0. The first-order valence-corrected chi connectivity index (χ1v) is 7.25. The van der Waals surface area contributed by atoms with Crippen molar-refractivity contribution in [1.29, 1.82) is 0 Å². The van der Waals surface area contributed by atoms with E-state index in [0.717, 1.165) is 23.3 Å². The molecule has 0 radical (unpaired) electrons. The zero-order chi connectivity index (χ0) is 11.0. The fraction of sp³-hybridized carbons (Fsp3) is 0.750. The highest BCUT2D eigenvalue weighted by Gasteiger charge is 2.27. The lowest BCUT2D eigenvalue weighted by atomic mass is 10.0. The third-order valence-electron chi connectivity index (χ3n) is 3.75. The number of rotatable bonds is 2. The predicted octanol–water partition coefficient (Wildman–Crippen LogP) is 3.11. The molecule has 0 bridgehead atoms. The number of hydrogen-bond acceptors (Lipinski definition) is 2. The van der Waals surface area contributed by atoms with Gasteiger partial charge in [-0.3, -0.25) is 4.68 Å². The van der Waals surface area contributed by atoms with Crippen LogP contribution in [0.1, 0.15) is 49.8 Å². The molecule has 1 aromatic heterocycles. The lowest BCUT2D eigenvalue weighted by molar-refractivity contribution is 0.192. The summed E-state index contributed by atoms with van der Waals surface area (Å²) in [5.41, 5.74) is 1.41. The van der Waals surface area contributed by atoms with Crippen molar-refractivity contribution in [2.75, 3.05) is 13.2 Å². The maximum absolute atomic E-state index is 5.49. The second-order valence-electron chi connectivity index (χ2n) is 4.84. The summed E-state index contributed by atoms with van der Waals surface area (Å²) in [7, 11) is 0. The van der Waals surface area contributed by atoms with Crippen LogP contribution in [0.3, 0.4) is 0 Å². The van der Waals surface area contributed by atoms with Crippen molar-refractivity contribution < 1.29 is 4.74 Å². The molecule has 0 amide bonds. The molecular formula is C12H17IN2O. The molecule has 0 spiro atoms. The van der Waals surface area contributed by atoms with Gasteiger partial charge >= 0.3 is 0 Å². The minimum Gasteiger partial charge on any atom is -0.381 e. The first-order valence-electron chi connectivity index (χ1n) is 6.17. The Morgan fingerprint density at radius 3 is 2.81 bits per heavy atom. The van der Waals surface area contributed by atoms with Crippen molar-refractivity contribution in [1.82, 2.24) is 9.78 Å². The predicted molar refractivity (Wildman–Crippen MR) is 70.6 cm³/mol. The summed E-state index contributed by atoms with van der Waals surface area (Å²) in [5, 5.41) is 4.68. The van der Waals surface area contributed by atoms with E-state index in [1.54, 1.807) is 0 Å². The first-order chi connectivity index (χ1) is 7.84. The summed E-state index contributed by atoms with van der Waals surface area (Å²) in [6.07, 6.45) is 6.49. The number of aromatic nitrogens is 2. The molecule has 2 heterocycles. The van der Waals surface area contributed by atoms with Gasteiger partial charge in [0.2, 0.25) is 0 Å². The zero-order valence-electron chi connectivity index (χ0n) is 9.36. The Labute approximate surface area is 110 Å². The molecule has 2 fully saturated rings. The largest absolute Gasteiger partial charge is 0.381 e. The highest BCUT2D eigenvalue weighted by Crippen LogP contribution is 2.34. The summed E-state index contributed by atoms with van der Waals surface area (Å²) in [6, 6.07) is 2.90. The Hall–Kier alpha value is -0.100. The molecular weight excluding hydrogens is 315 g/mol. The quantitative estimate of drug-likeness (QED) is 0.778. The van der Waals surface area contributed by atoms with E-state index in [1.165, 1.54) is 31.4 Å². The van der Waals surface area contributed by atoms with E-state index in [0.29, 0.717) is 12.0 Å². The summed E-state index contributed by atoms with van der Waals surface area (Å²) in [6.45, 7) is 1.80. The van der Waals surface area contributed by atoms with E-state index in [1.807, 2.05) is 0 Å². The number of ether oxygens (including phenoxy) is 1. The van der Waals surface area contributed by atoms with Crippen molar-refractivity contribution >= 4 is 22.6 Å². The van der Waals surface area contributed by atoms with E-state index >= 15 is 0 Å². The van der Waals surface area contributed by atoms with Crippen LogP contribution in [-0.4, -0.2) is 23.0 Å². The van der Waals surface area contributed by atoms with Crippen molar-refractivity contribution in [3.63, 3.8) is 0 Å². The van der Waals surface area contributed by atoms with Crippen molar-refractivity contribution in [3.8, 4) is 0 Å². The lowest BCUT2D eigenvalue weighted by Crippen LogP contribution is -2.13. The van der Waals surface area contributed by atoms with Gasteiger partial charge in [0.05, 0.1) is 12.6 Å². The van der Waals surface area contributed by atoms with Gasteiger partial charge in [-0.15, -0.1) is 0 Å². The molecule has 3 rings (SSSR count). The fourth-order valence-electron chi connectivity index (χ4n) is 2.89. The maximum atomic E-state index is 5.49. The van der Waals surface area contributed by atoms with Crippen LogP contribution in [0, 0.1) is 3.70 Å². The average Bonchev–Trinajstić information content (AvgIpc) is 2.98. The third-order valence-corrected chi connectivity index (χ3v) is 4.28. The van der Waals surface area contributed by atoms with E-state index in [9.17, 15) is 0 Å². The molecule has 0 N–H and O–H groups in total.